The number of nitrogens with one attached hydrogen (secondary N) is 1. The summed E-state index contributed by atoms with van der Waals surface area (Å²) in [7, 11) is 1.19. The number of rotatable bonds is 4. The van der Waals surface area contributed by atoms with E-state index >= 15 is 0 Å². The molecule has 0 fully saturated rings. The van der Waals surface area contributed by atoms with Crippen molar-refractivity contribution in [1.82, 2.24) is 0 Å². The van der Waals surface area contributed by atoms with Crippen molar-refractivity contribution in [3.05, 3.63) is 39.3 Å². The Kier molecular flexibility index (Phi) is 4.78. The van der Waals surface area contributed by atoms with E-state index in [2.05, 4.69) is 5.32 Å². The minimum absolute atomic E-state index is 0.120. The molecule has 0 aliphatic carbocycles. The van der Waals surface area contributed by atoms with Gasteiger partial charge in [0.15, 0.2) is 5.57 Å². The van der Waals surface area contributed by atoms with Crippen LogP contribution in [0.5, 0.6) is 5.75 Å². The second-order valence-electron chi connectivity index (χ2n) is 3.47. The number of halogens is 1. The number of nitro benzene ring substituents is 1. The van der Waals surface area contributed by atoms with Gasteiger partial charge in [-0.15, -0.1) is 0 Å². The van der Waals surface area contributed by atoms with Crippen LogP contribution in [0.3, 0.4) is 0 Å². The summed E-state index contributed by atoms with van der Waals surface area (Å²) in [5.41, 5.74) is -1.91. The lowest BCUT2D eigenvalue weighted by atomic mass is 10.2. The van der Waals surface area contributed by atoms with Crippen LogP contribution in [0.4, 0.5) is 15.8 Å². The highest BCUT2D eigenvalue weighted by Crippen LogP contribution is 2.32. The van der Waals surface area contributed by atoms with Crippen LogP contribution >= 0.6 is 0 Å². The summed E-state index contributed by atoms with van der Waals surface area (Å²) in [6, 6.07) is 6.12. The predicted octanol–water partition coefficient (Wildman–Crippen LogP) is 1.98. The summed E-state index contributed by atoms with van der Waals surface area (Å²) in [6.07, 6.45) is 0. The van der Waals surface area contributed by atoms with Gasteiger partial charge < -0.3 is 10.1 Å². The zero-order chi connectivity index (χ0) is 16.0. The number of benzene rings is 1. The van der Waals surface area contributed by atoms with Gasteiger partial charge >= 0.3 is 5.69 Å². The molecule has 21 heavy (non-hydrogen) atoms. The van der Waals surface area contributed by atoms with Crippen molar-refractivity contribution >= 4 is 11.4 Å². The van der Waals surface area contributed by atoms with Crippen molar-refractivity contribution in [1.29, 1.82) is 15.8 Å². The SMILES string of the molecule is COc1cc(F)c([N+](=O)[O-])cc1NC(C#N)=C(C#N)C#N. The van der Waals surface area contributed by atoms with Crippen LogP contribution in [-0.2, 0) is 0 Å². The van der Waals surface area contributed by atoms with Crippen LogP contribution < -0.4 is 10.1 Å². The molecule has 1 N–H and O–H groups in total. The number of nitriles is 3. The molecule has 0 atom stereocenters. The second-order valence-corrected chi connectivity index (χ2v) is 3.47. The molecule has 0 aromatic heterocycles. The van der Waals surface area contributed by atoms with E-state index in [0.29, 0.717) is 0 Å². The lowest BCUT2D eigenvalue weighted by Crippen LogP contribution is -2.04. The number of ether oxygens (including phenoxy) is 1. The molecule has 0 radical (unpaired) electrons. The summed E-state index contributed by atoms with van der Waals surface area (Å²) in [6.45, 7) is 0. The predicted molar refractivity (Wildman–Crippen MR) is 67.1 cm³/mol. The van der Waals surface area contributed by atoms with Crippen LogP contribution in [0.2, 0.25) is 0 Å². The number of allylic oxidation sites excluding steroid dienone is 2. The van der Waals surface area contributed by atoms with Gasteiger partial charge in [-0.2, -0.15) is 20.2 Å². The second kappa shape index (κ2) is 6.50. The van der Waals surface area contributed by atoms with Crippen LogP contribution in [0.25, 0.3) is 0 Å². The van der Waals surface area contributed by atoms with Gasteiger partial charge in [-0.1, -0.05) is 0 Å². The minimum atomic E-state index is -1.12. The third-order valence-corrected chi connectivity index (χ3v) is 2.31. The van der Waals surface area contributed by atoms with E-state index < -0.39 is 27.7 Å². The summed E-state index contributed by atoms with van der Waals surface area (Å²) in [5, 5.41) is 39.3. The van der Waals surface area contributed by atoms with Crippen molar-refractivity contribution in [2.24, 2.45) is 0 Å². The third kappa shape index (κ3) is 3.22. The smallest absolute Gasteiger partial charge is 0.307 e. The topological polar surface area (TPSA) is 136 Å². The molecule has 0 spiro atoms. The highest BCUT2D eigenvalue weighted by molar-refractivity contribution is 5.67. The van der Waals surface area contributed by atoms with Gasteiger partial charge in [0.2, 0.25) is 5.82 Å². The highest BCUT2D eigenvalue weighted by Gasteiger charge is 2.20. The Morgan fingerprint density at radius 3 is 2.38 bits per heavy atom. The fourth-order valence-electron chi connectivity index (χ4n) is 1.37. The average Bonchev–Trinajstić information content (AvgIpc) is 2.47. The highest BCUT2D eigenvalue weighted by atomic mass is 19.1. The van der Waals surface area contributed by atoms with Gasteiger partial charge in [-0.05, 0) is 0 Å². The molecule has 1 rings (SSSR count). The first-order chi connectivity index (χ1) is 9.98. The first kappa shape index (κ1) is 15.4. The molecule has 104 valence electrons. The molecule has 0 unspecified atom stereocenters. The molecule has 0 amide bonds. The van der Waals surface area contributed by atoms with Crippen LogP contribution in [0, 0.1) is 49.9 Å². The first-order valence-corrected chi connectivity index (χ1v) is 5.22. The van der Waals surface area contributed by atoms with E-state index in [4.69, 9.17) is 20.5 Å². The number of nitrogens with zero attached hydrogens (tertiary/aromatic N) is 4. The Labute approximate surface area is 118 Å². The molecular weight excluding hydrogens is 281 g/mol. The van der Waals surface area contributed by atoms with E-state index in [9.17, 15) is 14.5 Å². The zero-order valence-electron chi connectivity index (χ0n) is 10.5. The van der Waals surface area contributed by atoms with Crippen molar-refractivity contribution < 1.29 is 14.1 Å². The summed E-state index contributed by atoms with van der Waals surface area (Å²) < 4.78 is 18.3. The Bertz CT molecular complexity index is 736. The van der Waals surface area contributed by atoms with Gasteiger partial charge in [-0.3, -0.25) is 10.1 Å². The Morgan fingerprint density at radius 1 is 1.33 bits per heavy atom. The number of anilines is 1. The first-order valence-electron chi connectivity index (χ1n) is 5.22. The number of hydrogen-bond donors (Lipinski definition) is 1. The van der Waals surface area contributed by atoms with Crippen LogP contribution in [-0.4, -0.2) is 12.0 Å². The van der Waals surface area contributed by atoms with E-state index in [1.165, 1.54) is 19.2 Å². The molecule has 0 bridgehead atoms. The van der Waals surface area contributed by atoms with Gasteiger partial charge in [0.25, 0.3) is 0 Å². The Hall–Kier alpha value is -3.64. The minimum Gasteiger partial charge on any atom is -0.494 e. The largest absolute Gasteiger partial charge is 0.494 e. The Balaban J connectivity index is 3.45. The zero-order valence-corrected chi connectivity index (χ0v) is 10.5. The molecule has 1 aromatic rings. The van der Waals surface area contributed by atoms with E-state index in [0.717, 1.165) is 12.1 Å². The van der Waals surface area contributed by atoms with Gasteiger partial charge in [0.1, 0.15) is 29.7 Å². The maximum atomic E-state index is 13.4. The molecule has 1 aromatic carbocycles. The monoisotopic (exact) mass is 287 g/mol. The maximum absolute atomic E-state index is 13.4. The molecule has 0 heterocycles. The summed E-state index contributed by atoms with van der Waals surface area (Å²) >= 11 is 0. The summed E-state index contributed by atoms with van der Waals surface area (Å²) in [4.78, 5) is 9.74. The van der Waals surface area contributed by atoms with Crippen molar-refractivity contribution in [3.8, 4) is 24.0 Å². The number of methoxy groups -OCH3 is 1. The van der Waals surface area contributed by atoms with Crippen LogP contribution in [0.15, 0.2) is 23.4 Å². The van der Waals surface area contributed by atoms with Crippen molar-refractivity contribution in [3.63, 3.8) is 0 Å². The fraction of sp³-hybridized carbons (Fsp3) is 0.0833. The van der Waals surface area contributed by atoms with Gasteiger partial charge in [-0.25, -0.2) is 0 Å². The Morgan fingerprint density at radius 2 is 1.95 bits per heavy atom. The fourth-order valence-corrected chi connectivity index (χ4v) is 1.37. The molecule has 0 aliphatic rings. The average molecular weight is 287 g/mol. The molecular formula is C12H6FN5O3. The molecule has 0 saturated heterocycles. The van der Waals surface area contributed by atoms with Crippen molar-refractivity contribution in [2.45, 2.75) is 0 Å². The lowest BCUT2D eigenvalue weighted by Gasteiger charge is -2.10. The van der Waals surface area contributed by atoms with Crippen molar-refractivity contribution in [2.75, 3.05) is 12.4 Å². The normalized spacial score (nSPS) is 8.71. The third-order valence-electron chi connectivity index (χ3n) is 2.31. The number of hydrogen-bond acceptors (Lipinski definition) is 7. The maximum Gasteiger partial charge on any atom is 0.307 e. The lowest BCUT2D eigenvalue weighted by molar-refractivity contribution is -0.387. The van der Waals surface area contributed by atoms with Gasteiger partial charge in [0, 0.05) is 12.1 Å². The standard InChI is InChI=1S/C12H6FN5O3/c1-21-12-2-8(13)11(18(19)20)3-9(12)17-10(6-16)7(4-14)5-15/h2-3,17H,1H3. The molecule has 8 nitrogen and oxygen atoms in total. The molecule has 0 aliphatic heterocycles. The van der Waals surface area contributed by atoms with E-state index in [-0.39, 0.29) is 11.4 Å². The number of nitro groups is 1. The quantitative estimate of drug-likeness (QED) is 0.507. The molecule has 0 saturated carbocycles. The van der Waals surface area contributed by atoms with Crippen LogP contribution in [0.1, 0.15) is 0 Å². The van der Waals surface area contributed by atoms with Gasteiger partial charge in [0.05, 0.1) is 17.7 Å². The van der Waals surface area contributed by atoms with E-state index in [1.54, 1.807) is 6.07 Å². The summed E-state index contributed by atoms with van der Waals surface area (Å²) in [5.74, 6) is -1.24. The van der Waals surface area contributed by atoms with E-state index in [1.807, 2.05) is 0 Å². The molecule has 9 heteroatoms.